The molecule has 2 unspecified atom stereocenters. The normalized spacial score (nSPS) is 16.4. The summed E-state index contributed by atoms with van der Waals surface area (Å²) in [5.74, 6) is 1.59. The molecule has 9 heteroatoms. The first-order chi connectivity index (χ1) is 18.5. The van der Waals surface area contributed by atoms with Crippen molar-refractivity contribution >= 4 is 10.9 Å². The fourth-order valence-electron chi connectivity index (χ4n) is 5.56. The number of rotatable bonds is 10. The van der Waals surface area contributed by atoms with E-state index in [-0.39, 0.29) is 17.7 Å². The van der Waals surface area contributed by atoms with E-state index in [0.29, 0.717) is 25.2 Å². The van der Waals surface area contributed by atoms with Gasteiger partial charge in [-0.2, -0.15) is 0 Å². The molecule has 1 N–H and O–H groups in total. The Balaban J connectivity index is 1.54. The van der Waals surface area contributed by atoms with Crippen LogP contribution in [0.5, 0.6) is 5.75 Å². The van der Waals surface area contributed by atoms with Crippen LogP contribution in [0.1, 0.15) is 60.3 Å². The second kappa shape index (κ2) is 11.4. The number of pyridine rings is 1. The fraction of sp³-hybridized carbons (Fsp3) is 0.448. The number of H-pyrrole nitrogens is 1. The van der Waals surface area contributed by atoms with Crippen LogP contribution in [0.3, 0.4) is 0 Å². The van der Waals surface area contributed by atoms with Crippen LogP contribution < -0.4 is 10.3 Å². The van der Waals surface area contributed by atoms with Gasteiger partial charge in [0.05, 0.1) is 31.3 Å². The van der Waals surface area contributed by atoms with Gasteiger partial charge >= 0.3 is 0 Å². The smallest absolute Gasteiger partial charge is 0.252 e. The third-order valence-corrected chi connectivity index (χ3v) is 7.40. The zero-order valence-corrected chi connectivity index (χ0v) is 22.6. The quantitative estimate of drug-likeness (QED) is 0.332. The predicted molar refractivity (Wildman–Crippen MR) is 146 cm³/mol. The van der Waals surface area contributed by atoms with E-state index < -0.39 is 0 Å². The third-order valence-electron chi connectivity index (χ3n) is 7.40. The largest absolute Gasteiger partial charge is 0.496 e. The predicted octanol–water partition coefficient (Wildman–Crippen LogP) is 4.47. The number of hydrogen-bond donors (Lipinski definition) is 1. The number of para-hydroxylation sites is 1. The Kier molecular flexibility index (Phi) is 7.85. The third kappa shape index (κ3) is 5.49. The summed E-state index contributed by atoms with van der Waals surface area (Å²) in [5, 5.41) is 13.8. The molecule has 0 bridgehead atoms. The lowest BCUT2D eigenvalue weighted by Crippen LogP contribution is -2.33. The van der Waals surface area contributed by atoms with Crippen LogP contribution in [0.25, 0.3) is 10.9 Å². The summed E-state index contributed by atoms with van der Waals surface area (Å²) in [6.45, 7) is 8.63. The maximum Gasteiger partial charge on any atom is 0.252 e. The van der Waals surface area contributed by atoms with E-state index in [0.717, 1.165) is 59.5 Å². The number of aromatic amines is 1. The van der Waals surface area contributed by atoms with Gasteiger partial charge in [-0.25, -0.2) is 4.68 Å². The first kappa shape index (κ1) is 26.1. The maximum absolute atomic E-state index is 13.3. The standard InChI is InChI=1S/C29H36N6O3/c1-5-25(28-31-32-33-35(28)18-24-10-8-12-38-24)34(16-21-9-6-7-11-26(21)37-4)17-23-15-22-14-19(2)13-20(3)27(22)30-29(23)36/h6-7,9,11,13-15,24-25H,5,8,10,12,16-18H2,1-4H3,(H,30,36). The number of aromatic nitrogens is 5. The van der Waals surface area contributed by atoms with Gasteiger partial charge in [-0.15, -0.1) is 5.10 Å². The van der Waals surface area contributed by atoms with E-state index >= 15 is 0 Å². The number of nitrogens with zero attached hydrogens (tertiary/aromatic N) is 5. The van der Waals surface area contributed by atoms with Crippen molar-refractivity contribution in [3.8, 4) is 5.75 Å². The average Bonchev–Trinajstić information content (AvgIpc) is 3.59. The lowest BCUT2D eigenvalue weighted by Gasteiger charge is -2.31. The van der Waals surface area contributed by atoms with Crippen molar-refractivity contribution in [2.75, 3.05) is 13.7 Å². The molecule has 1 aliphatic rings. The SMILES string of the molecule is CCC(c1nnnn1CC1CCCO1)N(Cc1ccccc1OC)Cc1cc2cc(C)cc(C)c2[nH]c1=O. The highest BCUT2D eigenvalue weighted by atomic mass is 16.5. The van der Waals surface area contributed by atoms with Crippen LogP contribution in [0, 0.1) is 13.8 Å². The van der Waals surface area contributed by atoms with Crippen LogP contribution in [-0.2, 0) is 24.4 Å². The molecule has 5 rings (SSSR count). The highest BCUT2D eigenvalue weighted by molar-refractivity contribution is 5.82. The molecule has 0 radical (unpaired) electrons. The van der Waals surface area contributed by atoms with Crippen molar-refractivity contribution in [2.24, 2.45) is 0 Å². The molecule has 2 atom stereocenters. The number of ether oxygens (including phenoxy) is 2. The van der Waals surface area contributed by atoms with Gasteiger partial charge in [0.2, 0.25) is 0 Å². The van der Waals surface area contributed by atoms with Crippen LogP contribution in [0.4, 0.5) is 0 Å². The molecule has 2 aromatic carbocycles. The zero-order valence-electron chi connectivity index (χ0n) is 22.6. The van der Waals surface area contributed by atoms with E-state index in [1.165, 1.54) is 5.56 Å². The molecule has 0 amide bonds. The van der Waals surface area contributed by atoms with Crippen LogP contribution in [0.2, 0.25) is 0 Å². The monoisotopic (exact) mass is 516 g/mol. The first-order valence-electron chi connectivity index (χ1n) is 13.3. The van der Waals surface area contributed by atoms with Crippen molar-refractivity contribution < 1.29 is 9.47 Å². The molecule has 2 aromatic heterocycles. The fourth-order valence-corrected chi connectivity index (χ4v) is 5.56. The Labute approximate surface area is 222 Å². The van der Waals surface area contributed by atoms with Gasteiger partial charge in [0, 0.05) is 30.8 Å². The molecule has 0 spiro atoms. The Morgan fingerprint density at radius 1 is 1.18 bits per heavy atom. The molecule has 3 heterocycles. The number of hydrogen-bond acceptors (Lipinski definition) is 7. The van der Waals surface area contributed by atoms with Gasteiger partial charge in [-0.3, -0.25) is 9.69 Å². The molecule has 200 valence electrons. The Morgan fingerprint density at radius 2 is 2.00 bits per heavy atom. The second-order valence-electron chi connectivity index (χ2n) is 10.2. The topological polar surface area (TPSA) is 98.2 Å². The molecule has 1 aliphatic heterocycles. The highest BCUT2D eigenvalue weighted by Crippen LogP contribution is 2.30. The number of benzene rings is 2. The maximum atomic E-state index is 13.3. The summed E-state index contributed by atoms with van der Waals surface area (Å²) in [6, 6.07) is 14.1. The van der Waals surface area contributed by atoms with Crippen molar-refractivity contribution in [3.05, 3.63) is 80.9 Å². The van der Waals surface area contributed by atoms with Crippen molar-refractivity contribution in [3.63, 3.8) is 0 Å². The van der Waals surface area contributed by atoms with Gasteiger partial charge in [-0.05, 0) is 72.7 Å². The zero-order chi connectivity index (χ0) is 26.6. The van der Waals surface area contributed by atoms with Crippen LogP contribution in [0.15, 0.2) is 47.3 Å². The Bertz CT molecular complexity index is 1460. The highest BCUT2D eigenvalue weighted by Gasteiger charge is 2.28. The molecule has 4 aromatic rings. The van der Waals surface area contributed by atoms with Crippen molar-refractivity contribution in [1.82, 2.24) is 30.1 Å². The van der Waals surface area contributed by atoms with Gasteiger partial charge < -0.3 is 14.5 Å². The van der Waals surface area contributed by atoms with Crippen molar-refractivity contribution in [1.29, 1.82) is 0 Å². The Hall–Kier alpha value is -3.56. The van der Waals surface area contributed by atoms with Crippen LogP contribution >= 0.6 is 0 Å². The lowest BCUT2D eigenvalue weighted by atomic mass is 10.0. The molecular formula is C29H36N6O3. The first-order valence-corrected chi connectivity index (χ1v) is 13.3. The van der Waals surface area contributed by atoms with Crippen LogP contribution in [-0.4, -0.2) is 49.9 Å². The van der Waals surface area contributed by atoms with E-state index in [4.69, 9.17) is 9.47 Å². The number of tetrazole rings is 1. The molecule has 38 heavy (non-hydrogen) atoms. The number of fused-ring (bicyclic) bond motifs is 1. The number of methoxy groups -OCH3 is 1. The summed E-state index contributed by atoms with van der Waals surface area (Å²) >= 11 is 0. The second-order valence-corrected chi connectivity index (χ2v) is 10.2. The molecule has 1 fully saturated rings. The van der Waals surface area contributed by atoms with Crippen molar-refractivity contribution in [2.45, 2.75) is 71.8 Å². The molecule has 9 nitrogen and oxygen atoms in total. The van der Waals surface area contributed by atoms with E-state index in [1.807, 2.05) is 35.9 Å². The van der Waals surface area contributed by atoms with Gasteiger partial charge in [0.1, 0.15) is 5.75 Å². The lowest BCUT2D eigenvalue weighted by molar-refractivity contribution is 0.0887. The minimum atomic E-state index is -0.120. The average molecular weight is 517 g/mol. The molecule has 0 saturated carbocycles. The molecule has 1 saturated heterocycles. The Morgan fingerprint density at radius 3 is 2.76 bits per heavy atom. The summed E-state index contributed by atoms with van der Waals surface area (Å²) in [4.78, 5) is 18.7. The summed E-state index contributed by atoms with van der Waals surface area (Å²) in [5.41, 5.74) is 4.77. The minimum Gasteiger partial charge on any atom is -0.496 e. The van der Waals surface area contributed by atoms with E-state index in [2.05, 4.69) is 57.5 Å². The van der Waals surface area contributed by atoms with Gasteiger partial charge in [0.25, 0.3) is 5.56 Å². The molecular weight excluding hydrogens is 480 g/mol. The summed E-state index contributed by atoms with van der Waals surface area (Å²) in [7, 11) is 1.68. The summed E-state index contributed by atoms with van der Waals surface area (Å²) in [6.07, 6.45) is 2.95. The van der Waals surface area contributed by atoms with E-state index in [1.54, 1.807) is 7.11 Å². The van der Waals surface area contributed by atoms with Gasteiger partial charge in [0.15, 0.2) is 5.82 Å². The minimum absolute atomic E-state index is 0.0803. The van der Waals surface area contributed by atoms with E-state index in [9.17, 15) is 4.79 Å². The summed E-state index contributed by atoms with van der Waals surface area (Å²) < 4.78 is 13.4. The molecule has 0 aliphatic carbocycles. The number of aryl methyl sites for hydroxylation is 2. The number of nitrogens with one attached hydrogen (secondary N) is 1. The van der Waals surface area contributed by atoms with Gasteiger partial charge in [-0.1, -0.05) is 36.8 Å².